The summed E-state index contributed by atoms with van der Waals surface area (Å²) in [4.78, 5) is 0. The summed E-state index contributed by atoms with van der Waals surface area (Å²) in [7, 11) is 0. The highest BCUT2D eigenvalue weighted by Gasteiger charge is 2.26. The maximum absolute atomic E-state index is 4.11. The fraction of sp³-hybridized carbons (Fsp3) is 0.182. The molecule has 0 radical (unpaired) electrons. The zero-order valence-electron chi connectivity index (χ0n) is 13.5. The van der Waals surface area contributed by atoms with Gasteiger partial charge in [-0.1, -0.05) is 54.6 Å². The average Bonchev–Trinajstić information content (AvgIpc) is 2.95. The molecule has 4 rings (SSSR count). The first-order valence-electron chi connectivity index (χ1n) is 8.28. The number of hydrogen-bond acceptors (Lipinski definition) is 0. The molecule has 1 heteroatoms. The number of benzene rings is 2. The summed E-state index contributed by atoms with van der Waals surface area (Å²) in [5.74, 6) is 0. The van der Waals surface area contributed by atoms with Crippen LogP contribution in [0.1, 0.15) is 18.9 Å². The molecular weight excluding hydrogens is 278 g/mol. The maximum Gasteiger partial charge on any atom is 0.0491 e. The van der Waals surface area contributed by atoms with Crippen molar-refractivity contribution in [1.29, 1.82) is 0 Å². The van der Waals surface area contributed by atoms with Crippen LogP contribution in [-0.4, -0.2) is 4.57 Å². The summed E-state index contributed by atoms with van der Waals surface area (Å²) in [5, 5.41) is 2.67. The molecule has 23 heavy (non-hydrogen) atoms. The van der Waals surface area contributed by atoms with Gasteiger partial charge >= 0.3 is 0 Å². The van der Waals surface area contributed by atoms with E-state index in [-0.39, 0.29) is 5.41 Å². The average molecular weight is 299 g/mol. The van der Waals surface area contributed by atoms with Crippen LogP contribution in [0.3, 0.4) is 0 Å². The molecule has 1 heterocycles. The zero-order chi connectivity index (χ0) is 15.9. The van der Waals surface area contributed by atoms with E-state index in [1.54, 1.807) is 0 Å². The lowest BCUT2D eigenvalue weighted by atomic mass is 9.75. The standard InChI is InChI=1S/C22H21N/c1-3-22(14-8-5-9-15-22)17-12-13-21-19(16-17)18-10-6-7-11-20(18)23(21)4-2/h3,5-14,16H,1,4,15H2,2H3. The highest BCUT2D eigenvalue weighted by Crippen LogP contribution is 2.37. The van der Waals surface area contributed by atoms with Crippen LogP contribution in [0.15, 0.2) is 79.4 Å². The molecule has 0 N–H and O–H groups in total. The summed E-state index contributed by atoms with van der Waals surface area (Å²) >= 11 is 0. The number of nitrogens with zero attached hydrogens (tertiary/aromatic N) is 1. The monoisotopic (exact) mass is 299 g/mol. The molecule has 0 bridgehead atoms. The Morgan fingerprint density at radius 2 is 1.91 bits per heavy atom. The second kappa shape index (κ2) is 5.27. The number of aryl methyl sites for hydroxylation is 1. The predicted molar refractivity (Wildman–Crippen MR) is 99.9 cm³/mol. The molecule has 1 aliphatic rings. The van der Waals surface area contributed by atoms with E-state index in [4.69, 9.17) is 0 Å². The quantitative estimate of drug-likeness (QED) is 0.542. The van der Waals surface area contributed by atoms with Crippen LogP contribution in [0.5, 0.6) is 0 Å². The first kappa shape index (κ1) is 14.1. The van der Waals surface area contributed by atoms with Gasteiger partial charge in [0, 0.05) is 33.8 Å². The summed E-state index contributed by atoms with van der Waals surface area (Å²) in [5.41, 5.74) is 3.86. The van der Waals surface area contributed by atoms with Crippen molar-refractivity contribution in [2.75, 3.05) is 0 Å². The number of para-hydroxylation sites is 1. The third kappa shape index (κ3) is 2.00. The molecule has 0 saturated carbocycles. The van der Waals surface area contributed by atoms with Gasteiger partial charge in [0.25, 0.3) is 0 Å². The lowest BCUT2D eigenvalue weighted by molar-refractivity contribution is 0.678. The molecule has 1 nitrogen and oxygen atoms in total. The molecule has 1 atom stereocenters. The Balaban J connectivity index is 2.02. The second-order valence-corrected chi connectivity index (χ2v) is 6.23. The fourth-order valence-electron chi connectivity index (χ4n) is 3.80. The van der Waals surface area contributed by atoms with E-state index >= 15 is 0 Å². The zero-order valence-corrected chi connectivity index (χ0v) is 13.5. The van der Waals surface area contributed by atoms with Crippen molar-refractivity contribution in [1.82, 2.24) is 4.57 Å². The van der Waals surface area contributed by atoms with E-state index in [1.807, 2.05) is 0 Å². The van der Waals surface area contributed by atoms with Crippen LogP contribution in [0.2, 0.25) is 0 Å². The third-order valence-corrected chi connectivity index (χ3v) is 5.09. The van der Waals surface area contributed by atoms with Gasteiger partial charge in [0.15, 0.2) is 0 Å². The van der Waals surface area contributed by atoms with Crippen LogP contribution in [-0.2, 0) is 12.0 Å². The number of fused-ring (bicyclic) bond motifs is 3. The summed E-state index contributed by atoms with van der Waals surface area (Å²) < 4.78 is 2.39. The van der Waals surface area contributed by atoms with Crippen molar-refractivity contribution in [3.63, 3.8) is 0 Å². The molecule has 1 aromatic heterocycles. The fourth-order valence-corrected chi connectivity index (χ4v) is 3.80. The Morgan fingerprint density at radius 1 is 1.09 bits per heavy atom. The van der Waals surface area contributed by atoms with E-state index in [1.165, 1.54) is 27.4 Å². The minimum absolute atomic E-state index is 0.0850. The SMILES string of the molecule is C=CC1(c2ccc3c(c2)c2ccccc2n3CC)C=CC=CC1. The molecule has 0 spiro atoms. The van der Waals surface area contributed by atoms with Crippen LogP contribution in [0.4, 0.5) is 0 Å². The molecule has 0 amide bonds. The third-order valence-electron chi connectivity index (χ3n) is 5.09. The van der Waals surface area contributed by atoms with Gasteiger partial charge in [-0.25, -0.2) is 0 Å². The van der Waals surface area contributed by atoms with Crippen molar-refractivity contribution in [3.05, 3.63) is 85.0 Å². The lowest BCUT2D eigenvalue weighted by Gasteiger charge is -2.28. The molecule has 1 unspecified atom stereocenters. The van der Waals surface area contributed by atoms with Crippen molar-refractivity contribution in [2.24, 2.45) is 0 Å². The molecule has 114 valence electrons. The number of allylic oxidation sites excluding steroid dienone is 5. The Bertz CT molecular complexity index is 955. The van der Waals surface area contributed by atoms with Gasteiger partial charge in [-0.05, 0) is 37.1 Å². The van der Waals surface area contributed by atoms with E-state index in [2.05, 4.69) is 90.9 Å². The van der Waals surface area contributed by atoms with Crippen LogP contribution in [0.25, 0.3) is 21.8 Å². The Morgan fingerprint density at radius 3 is 2.65 bits per heavy atom. The Kier molecular flexibility index (Phi) is 3.23. The van der Waals surface area contributed by atoms with Gasteiger partial charge < -0.3 is 4.57 Å². The molecule has 0 fully saturated rings. The Hall–Kier alpha value is -2.54. The summed E-state index contributed by atoms with van der Waals surface area (Å²) in [6, 6.07) is 15.6. The normalized spacial score (nSPS) is 20.4. The van der Waals surface area contributed by atoms with Gasteiger partial charge in [0.05, 0.1) is 0 Å². The smallest absolute Gasteiger partial charge is 0.0491 e. The molecule has 0 aliphatic heterocycles. The molecule has 1 aliphatic carbocycles. The first-order chi connectivity index (χ1) is 11.3. The van der Waals surface area contributed by atoms with E-state index in [0.29, 0.717) is 0 Å². The topological polar surface area (TPSA) is 4.93 Å². The number of aromatic nitrogens is 1. The Labute approximate surface area is 137 Å². The molecule has 3 aromatic rings. The summed E-state index contributed by atoms with van der Waals surface area (Å²) in [6.45, 7) is 7.30. The molecule has 0 saturated heterocycles. The first-order valence-corrected chi connectivity index (χ1v) is 8.28. The van der Waals surface area contributed by atoms with Gasteiger partial charge in [-0.3, -0.25) is 0 Å². The van der Waals surface area contributed by atoms with Crippen LogP contribution in [0, 0.1) is 0 Å². The highest BCUT2D eigenvalue weighted by atomic mass is 15.0. The summed E-state index contributed by atoms with van der Waals surface area (Å²) in [6.07, 6.45) is 11.8. The van der Waals surface area contributed by atoms with E-state index < -0.39 is 0 Å². The number of hydrogen-bond donors (Lipinski definition) is 0. The van der Waals surface area contributed by atoms with Gasteiger partial charge in [-0.15, -0.1) is 6.58 Å². The van der Waals surface area contributed by atoms with E-state index in [9.17, 15) is 0 Å². The maximum atomic E-state index is 4.11. The highest BCUT2D eigenvalue weighted by molar-refractivity contribution is 6.08. The van der Waals surface area contributed by atoms with Crippen LogP contribution < -0.4 is 0 Å². The minimum atomic E-state index is -0.0850. The largest absolute Gasteiger partial charge is 0.341 e. The van der Waals surface area contributed by atoms with Crippen molar-refractivity contribution >= 4 is 21.8 Å². The number of rotatable bonds is 3. The molecule has 2 aromatic carbocycles. The van der Waals surface area contributed by atoms with Crippen molar-refractivity contribution in [3.8, 4) is 0 Å². The van der Waals surface area contributed by atoms with Gasteiger partial charge in [0.1, 0.15) is 0 Å². The van der Waals surface area contributed by atoms with Crippen LogP contribution >= 0.6 is 0 Å². The van der Waals surface area contributed by atoms with Crippen molar-refractivity contribution in [2.45, 2.75) is 25.3 Å². The minimum Gasteiger partial charge on any atom is -0.341 e. The predicted octanol–water partition coefficient (Wildman–Crippen LogP) is 5.75. The van der Waals surface area contributed by atoms with Gasteiger partial charge in [0.2, 0.25) is 0 Å². The van der Waals surface area contributed by atoms with E-state index in [0.717, 1.165) is 13.0 Å². The van der Waals surface area contributed by atoms with Gasteiger partial charge in [-0.2, -0.15) is 0 Å². The second-order valence-electron chi connectivity index (χ2n) is 6.23. The molecular formula is C22H21N. The van der Waals surface area contributed by atoms with Crippen molar-refractivity contribution < 1.29 is 0 Å². The lowest BCUT2D eigenvalue weighted by Crippen LogP contribution is -2.20.